The van der Waals surface area contributed by atoms with Gasteiger partial charge in [0.25, 0.3) is 5.91 Å². The highest BCUT2D eigenvalue weighted by molar-refractivity contribution is 9.10. The van der Waals surface area contributed by atoms with Crippen LogP contribution in [0.2, 0.25) is 0 Å². The van der Waals surface area contributed by atoms with Crippen molar-refractivity contribution < 1.29 is 24.6 Å². The van der Waals surface area contributed by atoms with Crippen LogP contribution in [0.4, 0.5) is 0 Å². The molecule has 126 valence electrons. The number of hydrogen-bond acceptors (Lipinski definition) is 4. The van der Waals surface area contributed by atoms with Gasteiger partial charge in [0.2, 0.25) is 5.91 Å². The normalized spacial score (nSPS) is 13.3. The number of carbonyl (C=O) groups is 3. The molecule has 0 bridgehead atoms. The molecule has 2 unspecified atom stereocenters. The summed E-state index contributed by atoms with van der Waals surface area (Å²) in [5, 5.41) is 22.6. The monoisotopic (exact) mass is 386 g/mol. The van der Waals surface area contributed by atoms with Crippen LogP contribution in [-0.2, 0) is 9.59 Å². The number of rotatable bonds is 7. The van der Waals surface area contributed by atoms with Gasteiger partial charge in [-0.1, -0.05) is 29.8 Å². The maximum atomic E-state index is 12.2. The summed E-state index contributed by atoms with van der Waals surface area (Å²) in [6.45, 7) is 2.72. The molecule has 0 aliphatic carbocycles. The van der Waals surface area contributed by atoms with Crippen molar-refractivity contribution in [1.29, 1.82) is 0 Å². The van der Waals surface area contributed by atoms with Crippen molar-refractivity contribution in [2.24, 2.45) is 5.92 Å². The summed E-state index contributed by atoms with van der Waals surface area (Å²) in [4.78, 5) is 35.2. The van der Waals surface area contributed by atoms with E-state index in [1.165, 1.54) is 0 Å². The average molecular weight is 387 g/mol. The molecule has 1 aromatic rings. The van der Waals surface area contributed by atoms with E-state index in [4.69, 9.17) is 10.2 Å². The SMILES string of the molecule is CC(C)C(NC(=O)c1ccc(Br)cc1)C(=O)NC(CO)C(=O)O. The number of carboxylic acid groups (broad SMARTS) is 1. The molecule has 1 aromatic carbocycles. The van der Waals surface area contributed by atoms with Crippen LogP contribution in [0.15, 0.2) is 28.7 Å². The maximum Gasteiger partial charge on any atom is 0.328 e. The molecule has 7 nitrogen and oxygen atoms in total. The lowest BCUT2D eigenvalue weighted by molar-refractivity contribution is -0.143. The van der Waals surface area contributed by atoms with E-state index in [2.05, 4.69) is 26.6 Å². The second-order valence-corrected chi connectivity index (χ2v) is 6.20. The highest BCUT2D eigenvalue weighted by Crippen LogP contribution is 2.11. The van der Waals surface area contributed by atoms with Gasteiger partial charge in [-0.05, 0) is 30.2 Å². The smallest absolute Gasteiger partial charge is 0.328 e. The first-order valence-electron chi connectivity index (χ1n) is 6.96. The van der Waals surface area contributed by atoms with Crippen LogP contribution in [0.1, 0.15) is 24.2 Å². The Labute approximate surface area is 142 Å². The molecule has 0 aliphatic heterocycles. The van der Waals surface area contributed by atoms with Crippen molar-refractivity contribution in [3.63, 3.8) is 0 Å². The molecule has 23 heavy (non-hydrogen) atoms. The minimum absolute atomic E-state index is 0.262. The van der Waals surface area contributed by atoms with E-state index in [0.717, 1.165) is 4.47 Å². The molecule has 0 radical (unpaired) electrons. The van der Waals surface area contributed by atoms with Crippen molar-refractivity contribution in [3.8, 4) is 0 Å². The number of nitrogens with one attached hydrogen (secondary N) is 2. The summed E-state index contributed by atoms with van der Waals surface area (Å²) in [6, 6.07) is 4.27. The van der Waals surface area contributed by atoms with Gasteiger partial charge in [-0.25, -0.2) is 4.79 Å². The number of amides is 2. The molecule has 2 amide bonds. The van der Waals surface area contributed by atoms with Crippen LogP contribution in [-0.4, -0.2) is 46.7 Å². The quantitative estimate of drug-likeness (QED) is 0.552. The lowest BCUT2D eigenvalue weighted by Crippen LogP contribution is -2.54. The third-order valence-corrected chi connectivity index (χ3v) is 3.67. The number of halogens is 1. The van der Waals surface area contributed by atoms with E-state index in [1.54, 1.807) is 38.1 Å². The lowest BCUT2D eigenvalue weighted by Gasteiger charge is -2.23. The Morgan fingerprint density at radius 1 is 1.13 bits per heavy atom. The molecule has 0 saturated heterocycles. The van der Waals surface area contributed by atoms with Crippen molar-refractivity contribution >= 4 is 33.7 Å². The highest BCUT2D eigenvalue weighted by Gasteiger charge is 2.28. The van der Waals surface area contributed by atoms with E-state index >= 15 is 0 Å². The number of benzene rings is 1. The first-order chi connectivity index (χ1) is 10.8. The van der Waals surface area contributed by atoms with Crippen molar-refractivity contribution in [2.45, 2.75) is 25.9 Å². The molecule has 4 N–H and O–H groups in total. The molecular weight excluding hydrogens is 368 g/mol. The zero-order valence-corrected chi connectivity index (χ0v) is 14.3. The van der Waals surface area contributed by atoms with Crippen molar-refractivity contribution in [1.82, 2.24) is 10.6 Å². The number of carboxylic acids is 1. The van der Waals surface area contributed by atoms with Crippen molar-refractivity contribution in [3.05, 3.63) is 34.3 Å². The number of aliphatic hydroxyl groups is 1. The number of aliphatic carboxylic acids is 1. The molecule has 0 fully saturated rings. The van der Waals surface area contributed by atoms with Crippen LogP contribution in [0.3, 0.4) is 0 Å². The Morgan fingerprint density at radius 2 is 1.70 bits per heavy atom. The molecular formula is C15H19BrN2O5. The third-order valence-electron chi connectivity index (χ3n) is 3.14. The Bertz CT molecular complexity index is 574. The standard InChI is InChI=1S/C15H19BrN2O5/c1-8(2)12(14(21)17-11(7-19)15(22)23)18-13(20)9-3-5-10(16)6-4-9/h3-6,8,11-12,19H,7H2,1-2H3,(H,17,21)(H,18,20)(H,22,23). The predicted octanol–water partition coefficient (Wildman–Crippen LogP) is 0.765. The fourth-order valence-electron chi connectivity index (χ4n) is 1.81. The van der Waals surface area contributed by atoms with Gasteiger partial charge in [0.05, 0.1) is 6.61 Å². The molecule has 0 saturated carbocycles. The van der Waals surface area contributed by atoms with E-state index in [9.17, 15) is 14.4 Å². The number of carbonyl (C=O) groups excluding carboxylic acids is 2. The minimum Gasteiger partial charge on any atom is -0.480 e. The molecule has 0 aliphatic rings. The number of hydrogen-bond donors (Lipinski definition) is 4. The molecule has 0 aromatic heterocycles. The second-order valence-electron chi connectivity index (χ2n) is 5.28. The predicted molar refractivity (Wildman–Crippen MR) is 86.9 cm³/mol. The van der Waals surface area contributed by atoms with Crippen LogP contribution in [0.5, 0.6) is 0 Å². The van der Waals surface area contributed by atoms with Crippen LogP contribution in [0.25, 0.3) is 0 Å². The Balaban J connectivity index is 2.82. The van der Waals surface area contributed by atoms with Gasteiger partial charge in [0, 0.05) is 10.0 Å². The molecule has 0 spiro atoms. The fraction of sp³-hybridized carbons (Fsp3) is 0.400. The van der Waals surface area contributed by atoms with Gasteiger partial charge in [-0.3, -0.25) is 9.59 Å². The minimum atomic E-state index is -1.41. The van der Waals surface area contributed by atoms with Crippen LogP contribution in [0, 0.1) is 5.92 Å². The highest BCUT2D eigenvalue weighted by atomic mass is 79.9. The summed E-state index contributed by atoms with van der Waals surface area (Å²) in [5.74, 6) is -2.71. The topological polar surface area (TPSA) is 116 Å². The second kappa shape index (κ2) is 8.64. The first kappa shape index (κ1) is 19.1. The van der Waals surface area contributed by atoms with Gasteiger partial charge in [0.1, 0.15) is 12.1 Å². The van der Waals surface area contributed by atoms with E-state index in [0.29, 0.717) is 5.56 Å². The fourth-order valence-corrected chi connectivity index (χ4v) is 2.07. The zero-order valence-electron chi connectivity index (χ0n) is 12.7. The third kappa shape index (κ3) is 5.65. The molecule has 2 atom stereocenters. The van der Waals surface area contributed by atoms with Gasteiger partial charge in [0.15, 0.2) is 0 Å². The van der Waals surface area contributed by atoms with Gasteiger partial charge in [-0.15, -0.1) is 0 Å². The summed E-state index contributed by atoms with van der Waals surface area (Å²) >= 11 is 3.27. The lowest BCUT2D eigenvalue weighted by atomic mass is 10.0. The van der Waals surface area contributed by atoms with Gasteiger partial charge >= 0.3 is 5.97 Å². The van der Waals surface area contributed by atoms with E-state index in [-0.39, 0.29) is 5.92 Å². The van der Waals surface area contributed by atoms with E-state index < -0.39 is 36.5 Å². The Morgan fingerprint density at radius 3 is 2.13 bits per heavy atom. The summed E-state index contributed by atoms with van der Waals surface area (Å²) in [5.41, 5.74) is 0.378. The summed E-state index contributed by atoms with van der Waals surface area (Å²) in [6.07, 6.45) is 0. The number of aliphatic hydroxyl groups excluding tert-OH is 1. The average Bonchev–Trinajstić information content (AvgIpc) is 2.49. The Hall–Kier alpha value is -1.93. The molecule has 1 rings (SSSR count). The zero-order chi connectivity index (χ0) is 17.6. The largest absolute Gasteiger partial charge is 0.480 e. The summed E-state index contributed by atoms with van der Waals surface area (Å²) in [7, 11) is 0. The molecule has 8 heteroatoms. The molecule has 0 heterocycles. The maximum absolute atomic E-state index is 12.2. The first-order valence-corrected chi connectivity index (χ1v) is 7.76. The van der Waals surface area contributed by atoms with Crippen molar-refractivity contribution in [2.75, 3.05) is 6.61 Å². The Kier molecular flexibility index (Phi) is 7.18. The summed E-state index contributed by atoms with van der Waals surface area (Å²) < 4.78 is 0.819. The van der Waals surface area contributed by atoms with Gasteiger partial charge < -0.3 is 20.8 Å². The van der Waals surface area contributed by atoms with Crippen LogP contribution >= 0.6 is 15.9 Å². The van der Waals surface area contributed by atoms with Gasteiger partial charge in [-0.2, -0.15) is 0 Å². The van der Waals surface area contributed by atoms with Crippen LogP contribution < -0.4 is 10.6 Å². The van der Waals surface area contributed by atoms with E-state index in [1.807, 2.05) is 0 Å².